The summed E-state index contributed by atoms with van der Waals surface area (Å²) in [6.45, 7) is 0. The van der Waals surface area contributed by atoms with Crippen molar-refractivity contribution in [2.75, 3.05) is 5.88 Å². The van der Waals surface area contributed by atoms with E-state index in [0.29, 0.717) is 17.4 Å². The second-order valence-electron chi connectivity index (χ2n) is 2.28. The molecule has 66 valence electrons. The average molecular weight is 197 g/mol. The fourth-order valence-corrected chi connectivity index (χ4v) is 0.935. The molecule has 1 aromatic carbocycles. The molecular weight excluding hydrogens is 191 g/mol. The smallest absolute Gasteiger partial charge is 0.151 e. The van der Waals surface area contributed by atoms with Crippen LogP contribution in [0.15, 0.2) is 18.2 Å². The van der Waals surface area contributed by atoms with Gasteiger partial charge in [0.2, 0.25) is 0 Å². The van der Waals surface area contributed by atoms with Crippen molar-refractivity contribution >= 4 is 17.9 Å². The van der Waals surface area contributed by atoms with E-state index in [1.54, 1.807) is 0 Å². The van der Waals surface area contributed by atoms with Crippen LogP contribution in [-0.4, -0.2) is 12.2 Å². The van der Waals surface area contributed by atoms with Gasteiger partial charge in [0.1, 0.15) is 5.82 Å². The second kappa shape index (κ2) is 4.64. The van der Waals surface area contributed by atoms with E-state index in [-0.39, 0.29) is 5.88 Å². The first-order chi connectivity index (χ1) is 6.27. The highest BCUT2D eigenvalue weighted by atomic mass is 35.5. The maximum atomic E-state index is 12.7. The fourth-order valence-electron chi connectivity index (χ4n) is 0.868. The zero-order valence-corrected chi connectivity index (χ0v) is 7.44. The first kappa shape index (κ1) is 9.76. The predicted molar refractivity (Wildman–Crippen MR) is 49.4 cm³/mol. The third-order valence-corrected chi connectivity index (χ3v) is 1.57. The second-order valence-corrected chi connectivity index (χ2v) is 2.55. The lowest BCUT2D eigenvalue weighted by Crippen LogP contribution is -1.88. The Hall–Kier alpha value is -1.33. The minimum absolute atomic E-state index is 0.162. The Labute approximate surface area is 80.5 Å². The van der Waals surface area contributed by atoms with Gasteiger partial charge in [-0.25, -0.2) is 4.39 Å². The van der Waals surface area contributed by atoms with Crippen molar-refractivity contribution < 1.29 is 9.18 Å². The summed E-state index contributed by atoms with van der Waals surface area (Å²) in [5.74, 6) is 4.91. The Morgan fingerprint density at radius 3 is 2.92 bits per heavy atom. The lowest BCUT2D eigenvalue weighted by molar-refractivity contribution is 0.112. The number of hydrogen-bond donors (Lipinski definition) is 0. The lowest BCUT2D eigenvalue weighted by atomic mass is 10.1. The topological polar surface area (TPSA) is 17.1 Å². The summed E-state index contributed by atoms with van der Waals surface area (Å²) in [6.07, 6.45) is 0.637. The van der Waals surface area contributed by atoms with Gasteiger partial charge in [0.25, 0.3) is 0 Å². The molecule has 1 nitrogen and oxygen atoms in total. The summed E-state index contributed by atoms with van der Waals surface area (Å²) in [7, 11) is 0. The lowest BCUT2D eigenvalue weighted by Gasteiger charge is -1.95. The van der Waals surface area contributed by atoms with E-state index in [1.165, 1.54) is 18.2 Å². The van der Waals surface area contributed by atoms with Gasteiger partial charge in [-0.2, -0.15) is 0 Å². The summed E-state index contributed by atoms with van der Waals surface area (Å²) in [5, 5.41) is 0. The van der Waals surface area contributed by atoms with Crippen molar-refractivity contribution in [2.45, 2.75) is 0 Å². The number of alkyl halides is 1. The standard InChI is InChI=1S/C10H6ClFO/c11-5-1-2-8-6-10(12)4-3-9(8)7-13/h3-4,6-7H,5H2. The molecule has 1 rings (SSSR count). The van der Waals surface area contributed by atoms with E-state index >= 15 is 0 Å². The van der Waals surface area contributed by atoms with Gasteiger partial charge in [-0.3, -0.25) is 4.79 Å². The van der Waals surface area contributed by atoms with Crippen LogP contribution in [0.1, 0.15) is 15.9 Å². The maximum absolute atomic E-state index is 12.7. The molecule has 0 unspecified atom stereocenters. The largest absolute Gasteiger partial charge is 0.298 e. The van der Waals surface area contributed by atoms with E-state index in [0.717, 1.165) is 0 Å². The summed E-state index contributed by atoms with van der Waals surface area (Å²) < 4.78 is 12.7. The van der Waals surface area contributed by atoms with Crippen LogP contribution >= 0.6 is 11.6 Å². The molecule has 0 atom stereocenters. The van der Waals surface area contributed by atoms with Crippen LogP contribution in [0.2, 0.25) is 0 Å². The van der Waals surface area contributed by atoms with E-state index < -0.39 is 5.82 Å². The Morgan fingerprint density at radius 1 is 1.54 bits per heavy atom. The normalized spacial score (nSPS) is 8.77. The quantitative estimate of drug-likeness (QED) is 0.383. The monoisotopic (exact) mass is 196 g/mol. The number of rotatable bonds is 1. The minimum Gasteiger partial charge on any atom is -0.298 e. The van der Waals surface area contributed by atoms with Gasteiger partial charge in [0.15, 0.2) is 6.29 Å². The Kier molecular flexibility index (Phi) is 3.48. The Bertz CT molecular complexity index is 376. The molecule has 3 heteroatoms. The van der Waals surface area contributed by atoms with Gasteiger partial charge < -0.3 is 0 Å². The molecule has 0 aliphatic rings. The SMILES string of the molecule is O=Cc1ccc(F)cc1C#CCCl. The molecular formula is C10H6ClFO. The molecule has 0 bridgehead atoms. The summed E-state index contributed by atoms with van der Waals surface area (Å²) >= 11 is 5.33. The van der Waals surface area contributed by atoms with Crippen molar-refractivity contribution in [2.24, 2.45) is 0 Å². The maximum Gasteiger partial charge on any atom is 0.151 e. The molecule has 0 aliphatic carbocycles. The van der Waals surface area contributed by atoms with Crippen LogP contribution in [-0.2, 0) is 0 Å². The fraction of sp³-hybridized carbons (Fsp3) is 0.100. The molecule has 0 aromatic heterocycles. The van der Waals surface area contributed by atoms with Crippen LogP contribution in [0.4, 0.5) is 4.39 Å². The minimum atomic E-state index is -0.413. The average Bonchev–Trinajstić information content (AvgIpc) is 2.15. The van der Waals surface area contributed by atoms with Crippen molar-refractivity contribution in [3.05, 3.63) is 35.1 Å². The third-order valence-electron chi connectivity index (χ3n) is 1.43. The number of halogens is 2. The number of aldehydes is 1. The van der Waals surface area contributed by atoms with Gasteiger partial charge in [-0.05, 0) is 18.2 Å². The molecule has 13 heavy (non-hydrogen) atoms. The zero-order valence-electron chi connectivity index (χ0n) is 6.68. The van der Waals surface area contributed by atoms with E-state index in [4.69, 9.17) is 11.6 Å². The molecule has 0 radical (unpaired) electrons. The molecule has 0 saturated heterocycles. The van der Waals surface area contributed by atoms with Crippen molar-refractivity contribution in [3.63, 3.8) is 0 Å². The Balaban J connectivity index is 3.15. The molecule has 0 spiro atoms. The summed E-state index contributed by atoms with van der Waals surface area (Å²) in [4.78, 5) is 10.5. The van der Waals surface area contributed by atoms with Crippen LogP contribution in [0.3, 0.4) is 0 Å². The first-order valence-electron chi connectivity index (χ1n) is 3.57. The first-order valence-corrected chi connectivity index (χ1v) is 4.11. The zero-order chi connectivity index (χ0) is 9.68. The highest BCUT2D eigenvalue weighted by Gasteiger charge is 1.99. The van der Waals surface area contributed by atoms with Crippen molar-refractivity contribution in [1.82, 2.24) is 0 Å². The molecule has 1 aromatic rings. The number of hydrogen-bond acceptors (Lipinski definition) is 1. The van der Waals surface area contributed by atoms with Crippen LogP contribution in [0.25, 0.3) is 0 Å². The third kappa shape index (κ3) is 2.57. The molecule has 0 aliphatic heterocycles. The number of benzene rings is 1. The van der Waals surface area contributed by atoms with Gasteiger partial charge in [-0.15, -0.1) is 11.6 Å². The van der Waals surface area contributed by atoms with E-state index in [2.05, 4.69) is 11.8 Å². The highest BCUT2D eigenvalue weighted by Crippen LogP contribution is 2.07. The van der Waals surface area contributed by atoms with E-state index in [1.807, 2.05) is 0 Å². The molecule has 0 heterocycles. The van der Waals surface area contributed by atoms with Crippen LogP contribution in [0, 0.1) is 17.7 Å². The van der Waals surface area contributed by atoms with Gasteiger partial charge in [0, 0.05) is 11.1 Å². The molecule has 0 amide bonds. The van der Waals surface area contributed by atoms with E-state index in [9.17, 15) is 9.18 Å². The van der Waals surface area contributed by atoms with Gasteiger partial charge in [0.05, 0.1) is 5.88 Å². The molecule has 0 N–H and O–H groups in total. The number of carbonyl (C=O) groups is 1. The Morgan fingerprint density at radius 2 is 2.31 bits per heavy atom. The molecule has 0 saturated carbocycles. The number of carbonyl (C=O) groups excluding carboxylic acids is 1. The predicted octanol–water partition coefficient (Wildman–Crippen LogP) is 2.23. The van der Waals surface area contributed by atoms with Crippen LogP contribution in [0.5, 0.6) is 0 Å². The van der Waals surface area contributed by atoms with Gasteiger partial charge >= 0.3 is 0 Å². The van der Waals surface area contributed by atoms with Crippen molar-refractivity contribution in [1.29, 1.82) is 0 Å². The summed E-state index contributed by atoms with van der Waals surface area (Å²) in [5.41, 5.74) is 0.745. The molecule has 0 fully saturated rings. The summed E-state index contributed by atoms with van der Waals surface area (Å²) in [6, 6.07) is 3.82. The van der Waals surface area contributed by atoms with Gasteiger partial charge in [-0.1, -0.05) is 11.8 Å². The highest BCUT2D eigenvalue weighted by molar-refractivity contribution is 6.19. The van der Waals surface area contributed by atoms with Crippen LogP contribution < -0.4 is 0 Å². The van der Waals surface area contributed by atoms with Crippen molar-refractivity contribution in [3.8, 4) is 11.8 Å².